The summed E-state index contributed by atoms with van der Waals surface area (Å²) in [5.74, 6) is 1.44. The summed E-state index contributed by atoms with van der Waals surface area (Å²) in [6, 6.07) is 15.5. The van der Waals surface area contributed by atoms with Crippen molar-refractivity contribution < 1.29 is 9.53 Å². The van der Waals surface area contributed by atoms with E-state index in [1.165, 1.54) is 0 Å². The van der Waals surface area contributed by atoms with Crippen LogP contribution in [0.15, 0.2) is 53.5 Å². The molecule has 0 fully saturated rings. The van der Waals surface area contributed by atoms with Crippen LogP contribution in [0.4, 0.5) is 0 Å². The van der Waals surface area contributed by atoms with Crippen molar-refractivity contribution in [3.63, 3.8) is 0 Å². The molecular formula is C23H32N4O2. The van der Waals surface area contributed by atoms with Crippen LogP contribution < -0.4 is 20.7 Å². The molecule has 0 aliphatic heterocycles. The first kappa shape index (κ1) is 22.3. The standard InChI is InChI=1S/C23H32N4O2/c1-17-9-8-11-18(15-17)21(28)25-13-14-26-22(24-5)27-16-19-10-6-7-12-20(19)29-23(2,3)4/h6-12,15H,13-14,16H2,1-5H3,(H,25,28)(H2,24,26,27). The molecule has 0 radical (unpaired) electrons. The Kier molecular flexibility index (Phi) is 8.07. The Labute approximate surface area is 173 Å². The first-order valence-electron chi connectivity index (χ1n) is 9.85. The van der Waals surface area contributed by atoms with Gasteiger partial charge in [-0.3, -0.25) is 9.79 Å². The third-order valence-electron chi connectivity index (χ3n) is 4.04. The molecule has 156 valence electrons. The lowest BCUT2D eigenvalue weighted by atomic mass is 10.1. The molecule has 0 aliphatic carbocycles. The number of hydrogen-bond donors (Lipinski definition) is 3. The van der Waals surface area contributed by atoms with Gasteiger partial charge in [-0.15, -0.1) is 0 Å². The summed E-state index contributed by atoms with van der Waals surface area (Å²) in [6.45, 7) is 9.71. The number of nitrogens with one attached hydrogen (secondary N) is 3. The molecule has 0 saturated heterocycles. The van der Waals surface area contributed by atoms with Crippen LogP contribution in [-0.2, 0) is 6.54 Å². The highest BCUT2D eigenvalue weighted by molar-refractivity contribution is 5.94. The molecule has 0 heterocycles. The van der Waals surface area contributed by atoms with Gasteiger partial charge in [-0.1, -0.05) is 35.9 Å². The van der Waals surface area contributed by atoms with Crippen molar-refractivity contribution >= 4 is 11.9 Å². The Morgan fingerprint density at radius 1 is 1.00 bits per heavy atom. The molecule has 6 nitrogen and oxygen atoms in total. The average Bonchev–Trinajstić information content (AvgIpc) is 2.67. The Morgan fingerprint density at radius 2 is 1.72 bits per heavy atom. The maximum atomic E-state index is 12.2. The summed E-state index contributed by atoms with van der Waals surface area (Å²) in [5.41, 5.74) is 2.53. The van der Waals surface area contributed by atoms with Gasteiger partial charge in [0.2, 0.25) is 0 Å². The largest absolute Gasteiger partial charge is 0.488 e. The fourth-order valence-corrected chi connectivity index (χ4v) is 2.72. The Bertz CT molecular complexity index is 841. The molecule has 29 heavy (non-hydrogen) atoms. The first-order valence-corrected chi connectivity index (χ1v) is 9.85. The summed E-state index contributed by atoms with van der Waals surface area (Å²) in [7, 11) is 1.72. The number of aryl methyl sites for hydroxylation is 1. The van der Waals surface area contributed by atoms with E-state index in [-0.39, 0.29) is 11.5 Å². The van der Waals surface area contributed by atoms with Crippen molar-refractivity contribution in [3.05, 3.63) is 65.2 Å². The lowest BCUT2D eigenvalue weighted by Gasteiger charge is -2.23. The van der Waals surface area contributed by atoms with Gasteiger partial charge < -0.3 is 20.7 Å². The third-order valence-corrected chi connectivity index (χ3v) is 4.04. The fourth-order valence-electron chi connectivity index (χ4n) is 2.72. The molecule has 0 unspecified atom stereocenters. The van der Waals surface area contributed by atoms with Gasteiger partial charge in [0.15, 0.2) is 5.96 Å². The van der Waals surface area contributed by atoms with Crippen LogP contribution in [-0.4, -0.2) is 37.6 Å². The number of carbonyl (C=O) groups excluding carboxylic acids is 1. The van der Waals surface area contributed by atoms with E-state index >= 15 is 0 Å². The lowest BCUT2D eigenvalue weighted by Crippen LogP contribution is -2.41. The van der Waals surface area contributed by atoms with Crippen molar-refractivity contribution in [1.29, 1.82) is 0 Å². The van der Waals surface area contributed by atoms with Crippen LogP contribution in [0.3, 0.4) is 0 Å². The highest BCUT2D eigenvalue weighted by atomic mass is 16.5. The van der Waals surface area contributed by atoms with E-state index in [9.17, 15) is 4.79 Å². The molecule has 0 saturated carbocycles. The summed E-state index contributed by atoms with van der Waals surface area (Å²) in [4.78, 5) is 16.4. The van der Waals surface area contributed by atoms with Gasteiger partial charge in [0.1, 0.15) is 11.4 Å². The minimum absolute atomic E-state index is 0.0771. The quantitative estimate of drug-likeness (QED) is 0.381. The highest BCUT2D eigenvalue weighted by Crippen LogP contribution is 2.22. The molecule has 0 aliphatic rings. The zero-order chi connectivity index (χ0) is 21.3. The predicted octanol–water partition coefficient (Wildman–Crippen LogP) is 3.27. The van der Waals surface area contributed by atoms with Gasteiger partial charge in [0, 0.05) is 37.8 Å². The van der Waals surface area contributed by atoms with Gasteiger partial charge in [-0.05, 0) is 45.9 Å². The Balaban J connectivity index is 1.79. The summed E-state index contributed by atoms with van der Waals surface area (Å²) >= 11 is 0. The van der Waals surface area contributed by atoms with Crippen molar-refractivity contribution in [2.45, 2.75) is 39.8 Å². The second kappa shape index (κ2) is 10.5. The number of hydrogen-bond acceptors (Lipinski definition) is 3. The number of carbonyl (C=O) groups is 1. The van der Waals surface area contributed by atoms with Crippen molar-refractivity contribution in [3.8, 4) is 5.75 Å². The Morgan fingerprint density at radius 3 is 2.41 bits per heavy atom. The van der Waals surface area contributed by atoms with Crippen LogP contribution in [0.25, 0.3) is 0 Å². The molecule has 0 bridgehead atoms. The summed E-state index contributed by atoms with van der Waals surface area (Å²) in [5, 5.41) is 9.40. The van der Waals surface area contributed by atoms with E-state index in [4.69, 9.17) is 4.74 Å². The number of rotatable bonds is 7. The third kappa shape index (κ3) is 7.86. The zero-order valence-corrected chi connectivity index (χ0v) is 18.0. The molecule has 1 amide bonds. The van der Waals surface area contributed by atoms with Crippen LogP contribution in [0.2, 0.25) is 0 Å². The minimum atomic E-state index is -0.258. The van der Waals surface area contributed by atoms with Crippen LogP contribution in [0, 0.1) is 6.92 Å². The SMILES string of the molecule is CN=C(NCCNC(=O)c1cccc(C)c1)NCc1ccccc1OC(C)(C)C. The van der Waals surface area contributed by atoms with Gasteiger partial charge in [0.25, 0.3) is 5.91 Å². The monoisotopic (exact) mass is 396 g/mol. The maximum Gasteiger partial charge on any atom is 0.251 e. The van der Waals surface area contributed by atoms with E-state index in [1.54, 1.807) is 7.05 Å². The maximum absolute atomic E-state index is 12.2. The number of benzene rings is 2. The number of ether oxygens (including phenoxy) is 1. The van der Waals surface area contributed by atoms with Gasteiger partial charge >= 0.3 is 0 Å². The van der Waals surface area contributed by atoms with Crippen molar-refractivity contribution in [2.75, 3.05) is 20.1 Å². The molecule has 2 rings (SSSR count). The van der Waals surface area contributed by atoms with Gasteiger partial charge in [-0.25, -0.2) is 0 Å². The summed E-state index contributed by atoms with van der Waals surface area (Å²) in [6.07, 6.45) is 0. The number of nitrogens with zero attached hydrogens (tertiary/aromatic N) is 1. The predicted molar refractivity (Wildman–Crippen MR) is 119 cm³/mol. The smallest absolute Gasteiger partial charge is 0.251 e. The molecule has 0 atom stereocenters. The molecule has 2 aromatic rings. The van der Waals surface area contributed by atoms with Crippen LogP contribution in [0.1, 0.15) is 42.3 Å². The van der Waals surface area contributed by atoms with Crippen LogP contribution in [0.5, 0.6) is 5.75 Å². The van der Waals surface area contributed by atoms with Crippen molar-refractivity contribution in [2.24, 2.45) is 4.99 Å². The molecular weight excluding hydrogens is 364 g/mol. The van der Waals surface area contributed by atoms with E-state index in [0.717, 1.165) is 16.9 Å². The molecule has 0 aromatic heterocycles. The minimum Gasteiger partial charge on any atom is -0.488 e. The first-order chi connectivity index (χ1) is 13.8. The van der Waals surface area contributed by atoms with Crippen molar-refractivity contribution in [1.82, 2.24) is 16.0 Å². The molecule has 3 N–H and O–H groups in total. The number of para-hydroxylation sites is 1. The highest BCUT2D eigenvalue weighted by Gasteiger charge is 2.14. The second-order valence-electron chi connectivity index (χ2n) is 7.80. The number of amides is 1. The second-order valence-corrected chi connectivity index (χ2v) is 7.80. The van der Waals surface area contributed by atoms with Crippen LogP contribution >= 0.6 is 0 Å². The number of guanidine groups is 1. The van der Waals surface area contributed by atoms with E-state index < -0.39 is 0 Å². The Hall–Kier alpha value is -3.02. The topological polar surface area (TPSA) is 74.8 Å². The zero-order valence-electron chi connectivity index (χ0n) is 18.0. The molecule has 6 heteroatoms. The van der Waals surface area contributed by atoms with E-state index in [0.29, 0.717) is 31.2 Å². The summed E-state index contributed by atoms with van der Waals surface area (Å²) < 4.78 is 6.03. The van der Waals surface area contributed by atoms with Gasteiger partial charge in [-0.2, -0.15) is 0 Å². The normalized spacial score (nSPS) is 11.7. The van der Waals surface area contributed by atoms with Gasteiger partial charge in [0.05, 0.1) is 0 Å². The van der Waals surface area contributed by atoms with E-state index in [1.807, 2.05) is 76.2 Å². The molecule has 2 aromatic carbocycles. The number of aliphatic imine (C=N–C) groups is 1. The van der Waals surface area contributed by atoms with E-state index in [2.05, 4.69) is 20.9 Å². The molecule has 0 spiro atoms. The lowest BCUT2D eigenvalue weighted by molar-refractivity contribution is 0.0954. The fraction of sp³-hybridized carbons (Fsp3) is 0.391. The average molecular weight is 397 g/mol.